The summed E-state index contributed by atoms with van der Waals surface area (Å²) in [5.74, 6) is -0.210. The van der Waals surface area contributed by atoms with E-state index in [0.717, 1.165) is 31.5 Å². The Morgan fingerprint density at radius 1 is 1.29 bits per heavy atom. The zero-order valence-electron chi connectivity index (χ0n) is 12.6. The largest absolute Gasteiger partial charge is 0.360 e. The highest BCUT2D eigenvalue weighted by atomic mass is 32.1. The van der Waals surface area contributed by atoms with E-state index in [-0.39, 0.29) is 5.82 Å². The van der Waals surface area contributed by atoms with Gasteiger partial charge in [0.2, 0.25) is 0 Å². The van der Waals surface area contributed by atoms with Crippen LogP contribution in [0.25, 0.3) is 0 Å². The quantitative estimate of drug-likeness (QED) is 0.818. The van der Waals surface area contributed by atoms with Gasteiger partial charge in [-0.05, 0) is 55.7 Å². The third kappa shape index (κ3) is 5.59. The summed E-state index contributed by atoms with van der Waals surface area (Å²) >= 11 is 5.33. The number of hydrogen-bond donors (Lipinski definition) is 2. The van der Waals surface area contributed by atoms with Crippen molar-refractivity contribution in [3.8, 4) is 0 Å². The summed E-state index contributed by atoms with van der Waals surface area (Å²) in [6, 6.07) is 6.95. The van der Waals surface area contributed by atoms with Crippen LogP contribution in [-0.4, -0.2) is 35.7 Å². The standard InChI is InChI=1S/C16H24FN3S/c1-2-9-20-10-7-15(8-11-20)19-16(21)18-12-13-3-5-14(17)6-4-13/h3-6,15H,2,7-12H2,1H3,(H2,18,19,21). The molecule has 0 radical (unpaired) electrons. The van der Waals surface area contributed by atoms with Crippen molar-refractivity contribution < 1.29 is 4.39 Å². The second kappa shape index (κ2) is 8.29. The van der Waals surface area contributed by atoms with E-state index in [1.54, 1.807) is 12.1 Å². The molecule has 0 atom stereocenters. The first-order valence-electron chi connectivity index (χ1n) is 7.68. The van der Waals surface area contributed by atoms with Gasteiger partial charge in [0, 0.05) is 25.7 Å². The first-order chi connectivity index (χ1) is 10.2. The summed E-state index contributed by atoms with van der Waals surface area (Å²) in [4.78, 5) is 2.51. The zero-order chi connectivity index (χ0) is 15.1. The molecule has 1 aliphatic rings. The molecule has 1 heterocycles. The molecule has 2 rings (SSSR count). The normalized spacial score (nSPS) is 16.7. The fraction of sp³-hybridized carbons (Fsp3) is 0.562. The average molecular weight is 309 g/mol. The van der Waals surface area contributed by atoms with Gasteiger partial charge in [-0.3, -0.25) is 0 Å². The van der Waals surface area contributed by atoms with Crippen LogP contribution in [-0.2, 0) is 6.54 Å². The second-order valence-corrected chi connectivity index (χ2v) is 5.98. The van der Waals surface area contributed by atoms with Gasteiger partial charge >= 0.3 is 0 Å². The Hall–Kier alpha value is -1.20. The predicted molar refractivity (Wildman–Crippen MR) is 88.7 cm³/mol. The molecule has 0 amide bonds. The first-order valence-corrected chi connectivity index (χ1v) is 8.09. The Bertz CT molecular complexity index is 441. The summed E-state index contributed by atoms with van der Waals surface area (Å²) < 4.78 is 12.8. The van der Waals surface area contributed by atoms with E-state index in [1.165, 1.54) is 25.1 Å². The molecule has 2 N–H and O–H groups in total. The number of piperidine rings is 1. The molecular weight excluding hydrogens is 285 g/mol. The summed E-state index contributed by atoms with van der Waals surface area (Å²) in [5, 5.41) is 7.26. The molecule has 3 nitrogen and oxygen atoms in total. The number of likely N-dealkylation sites (tertiary alicyclic amines) is 1. The van der Waals surface area contributed by atoms with E-state index in [0.29, 0.717) is 17.7 Å². The molecule has 1 aromatic rings. The lowest BCUT2D eigenvalue weighted by atomic mass is 10.1. The Labute approximate surface area is 131 Å². The molecule has 0 aromatic heterocycles. The Morgan fingerprint density at radius 2 is 1.95 bits per heavy atom. The fourth-order valence-electron chi connectivity index (χ4n) is 2.64. The summed E-state index contributed by atoms with van der Waals surface area (Å²) in [5.41, 5.74) is 1.03. The number of halogens is 1. The fourth-order valence-corrected chi connectivity index (χ4v) is 2.88. The molecule has 0 unspecified atom stereocenters. The van der Waals surface area contributed by atoms with Crippen LogP contribution >= 0.6 is 12.2 Å². The van der Waals surface area contributed by atoms with Crippen LogP contribution in [0.3, 0.4) is 0 Å². The smallest absolute Gasteiger partial charge is 0.166 e. The Morgan fingerprint density at radius 3 is 2.57 bits per heavy atom. The molecule has 116 valence electrons. The Balaban J connectivity index is 1.67. The minimum absolute atomic E-state index is 0.210. The number of hydrogen-bond acceptors (Lipinski definition) is 2. The van der Waals surface area contributed by atoms with Crippen molar-refractivity contribution in [3.05, 3.63) is 35.6 Å². The summed E-state index contributed by atoms with van der Waals surface area (Å²) in [7, 11) is 0. The molecule has 0 saturated carbocycles. The van der Waals surface area contributed by atoms with E-state index in [4.69, 9.17) is 12.2 Å². The minimum Gasteiger partial charge on any atom is -0.360 e. The molecule has 0 aliphatic carbocycles. The van der Waals surface area contributed by atoms with Crippen molar-refractivity contribution >= 4 is 17.3 Å². The van der Waals surface area contributed by atoms with Gasteiger partial charge in [0.1, 0.15) is 5.82 Å². The Kier molecular flexibility index (Phi) is 6.39. The molecule has 1 aliphatic heterocycles. The lowest BCUT2D eigenvalue weighted by Gasteiger charge is -2.32. The average Bonchev–Trinajstić information content (AvgIpc) is 2.49. The molecule has 5 heteroatoms. The van der Waals surface area contributed by atoms with Crippen LogP contribution in [0.15, 0.2) is 24.3 Å². The van der Waals surface area contributed by atoms with Crippen LogP contribution in [0.4, 0.5) is 4.39 Å². The van der Waals surface area contributed by atoms with Crippen LogP contribution in [0.2, 0.25) is 0 Å². The molecule has 1 aromatic carbocycles. The van der Waals surface area contributed by atoms with Gasteiger partial charge in [0.15, 0.2) is 5.11 Å². The van der Waals surface area contributed by atoms with Crippen molar-refractivity contribution in [1.29, 1.82) is 0 Å². The van der Waals surface area contributed by atoms with Crippen molar-refractivity contribution in [1.82, 2.24) is 15.5 Å². The van der Waals surface area contributed by atoms with E-state index in [1.807, 2.05) is 0 Å². The minimum atomic E-state index is -0.210. The predicted octanol–water partition coefficient (Wildman–Crippen LogP) is 2.66. The van der Waals surface area contributed by atoms with Crippen LogP contribution in [0.5, 0.6) is 0 Å². The number of benzene rings is 1. The lowest BCUT2D eigenvalue weighted by Crippen LogP contribution is -2.47. The van der Waals surface area contributed by atoms with E-state index in [2.05, 4.69) is 22.5 Å². The monoisotopic (exact) mass is 309 g/mol. The summed E-state index contributed by atoms with van der Waals surface area (Å²) in [6.07, 6.45) is 3.49. The van der Waals surface area contributed by atoms with Crippen LogP contribution in [0.1, 0.15) is 31.7 Å². The highest BCUT2D eigenvalue weighted by molar-refractivity contribution is 7.80. The number of nitrogens with zero attached hydrogens (tertiary/aromatic N) is 1. The molecule has 0 bridgehead atoms. The molecule has 21 heavy (non-hydrogen) atoms. The van der Waals surface area contributed by atoms with Crippen molar-refractivity contribution in [2.45, 2.75) is 38.8 Å². The third-order valence-corrected chi connectivity index (χ3v) is 4.09. The van der Waals surface area contributed by atoms with Crippen LogP contribution < -0.4 is 10.6 Å². The third-order valence-electron chi connectivity index (χ3n) is 3.83. The van der Waals surface area contributed by atoms with Crippen LogP contribution in [0, 0.1) is 5.82 Å². The van der Waals surface area contributed by atoms with Gasteiger partial charge in [0.25, 0.3) is 0 Å². The number of thiocarbonyl (C=S) groups is 1. The van der Waals surface area contributed by atoms with Gasteiger partial charge in [-0.1, -0.05) is 19.1 Å². The second-order valence-electron chi connectivity index (χ2n) is 5.57. The highest BCUT2D eigenvalue weighted by Crippen LogP contribution is 2.10. The maximum atomic E-state index is 12.8. The highest BCUT2D eigenvalue weighted by Gasteiger charge is 2.18. The maximum Gasteiger partial charge on any atom is 0.166 e. The number of rotatable bonds is 5. The number of nitrogens with one attached hydrogen (secondary N) is 2. The molecule has 0 spiro atoms. The van der Waals surface area contributed by atoms with Gasteiger partial charge in [-0.15, -0.1) is 0 Å². The van der Waals surface area contributed by atoms with Crippen molar-refractivity contribution in [2.24, 2.45) is 0 Å². The van der Waals surface area contributed by atoms with Gasteiger partial charge in [0.05, 0.1) is 0 Å². The maximum absolute atomic E-state index is 12.8. The van der Waals surface area contributed by atoms with Gasteiger partial charge in [-0.2, -0.15) is 0 Å². The molecule has 1 saturated heterocycles. The first kappa shape index (κ1) is 16.2. The van der Waals surface area contributed by atoms with E-state index in [9.17, 15) is 4.39 Å². The van der Waals surface area contributed by atoms with E-state index < -0.39 is 0 Å². The van der Waals surface area contributed by atoms with Gasteiger partial charge < -0.3 is 15.5 Å². The zero-order valence-corrected chi connectivity index (χ0v) is 13.4. The van der Waals surface area contributed by atoms with Crippen molar-refractivity contribution in [3.63, 3.8) is 0 Å². The SMILES string of the molecule is CCCN1CCC(NC(=S)NCc2ccc(F)cc2)CC1. The van der Waals surface area contributed by atoms with Gasteiger partial charge in [-0.25, -0.2) is 4.39 Å². The summed E-state index contributed by atoms with van der Waals surface area (Å²) in [6.45, 7) is 6.33. The molecular formula is C16H24FN3S. The van der Waals surface area contributed by atoms with Crippen molar-refractivity contribution in [2.75, 3.05) is 19.6 Å². The lowest BCUT2D eigenvalue weighted by molar-refractivity contribution is 0.206. The molecule has 1 fully saturated rings. The topological polar surface area (TPSA) is 27.3 Å². The van der Waals surface area contributed by atoms with E-state index >= 15 is 0 Å².